The van der Waals surface area contributed by atoms with Crippen LogP contribution in [0.25, 0.3) is 0 Å². The summed E-state index contributed by atoms with van der Waals surface area (Å²) in [7, 11) is 0. The summed E-state index contributed by atoms with van der Waals surface area (Å²) in [6, 6.07) is 9.40. The van der Waals surface area contributed by atoms with E-state index in [0.717, 1.165) is 36.0 Å². The molecule has 0 unspecified atom stereocenters. The highest BCUT2D eigenvalue weighted by Gasteiger charge is 2.56. The number of allylic oxidation sites excluding steroid dienone is 2. The van der Waals surface area contributed by atoms with Crippen molar-refractivity contribution in [3.05, 3.63) is 80.4 Å². The number of fused-ring (bicyclic) bond motifs is 1. The lowest BCUT2D eigenvalue weighted by atomic mass is 9.63. The van der Waals surface area contributed by atoms with Crippen LogP contribution >= 0.6 is 0 Å². The molecule has 6 rings (SSSR count). The lowest BCUT2D eigenvalue weighted by Gasteiger charge is -2.37. The summed E-state index contributed by atoms with van der Waals surface area (Å²) >= 11 is 0. The molecule has 2 aromatic carbocycles. The fraction of sp³-hybridized carbons (Fsp3) is 0.261. The van der Waals surface area contributed by atoms with Crippen molar-refractivity contribution in [2.75, 3.05) is 0 Å². The minimum absolute atomic E-state index is 0.0894. The summed E-state index contributed by atoms with van der Waals surface area (Å²) in [5.41, 5.74) is -0.363. The third-order valence-electron chi connectivity index (χ3n) is 6.52. The van der Waals surface area contributed by atoms with E-state index >= 15 is 0 Å². The Bertz CT molecular complexity index is 1240. The maximum absolute atomic E-state index is 12.8. The normalized spacial score (nSPS) is 25.1. The number of carbonyl (C=O) groups excluding carboxylic acids is 2. The molecule has 0 N–H and O–H groups in total. The number of nitro groups is 2. The van der Waals surface area contributed by atoms with Crippen LogP contribution in [0.15, 0.2) is 59.7 Å². The average Bonchev–Trinajstić information content (AvgIpc) is 3.11. The number of benzene rings is 2. The Morgan fingerprint density at radius 2 is 1.53 bits per heavy atom. The predicted octanol–water partition coefficient (Wildman–Crippen LogP) is 3.83. The van der Waals surface area contributed by atoms with Crippen LogP contribution in [0, 0.1) is 43.9 Å². The predicted molar refractivity (Wildman–Crippen MR) is 118 cm³/mol. The number of ether oxygens (including phenoxy) is 1. The Morgan fingerprint density at radius 1 is 0.912 bits per heavy atom. The van der Waals surface area contributed by atoms with E-state index in [-0.39, 0.29) is 47.0 Å². The van der Waals surface area contributed by atoms with Gasteiger partial charge in [0, 0.05) is 6.07 Å². The zero-order chi connectivity index (χ0) is 24.0. The van der Waals surface area contributed by atoms with Gasteiger partial charge in [-0.2, -0.15) is 10.1 Å². The van der Waals surface area contributed by atoms with Crippen molar-refractivity contribution in [2.45, 2.75) is 12.8 Å². The van der Waals surface area contributed by atoms with E-state index in [2.05, 4.69) is 5.10 Å². The molecule has 4 atom stereocenters. The van der Waals surface area contributed by atoms with Crippen LogP contribution < -0.4 is 4.74 Å². The van der Waals surface area contributed by atoms with E-state index in [4.69, 9.17) is 4.74 Å². The monoisotopic (exact) mass is 462 g/mol. The van der Waals surface area contributed by atoms with E-state index in [9.17, 15) is 29.8 Å². The molecule has 0 radical (unpaired) electrons. The standard InChI is InChI=1S/C23H18N4O7/c28-22-20-14-3-4-15(6-5-14)21(20)23(29)25(22)24-12-13-1-8-17(9-2-13)34-19-10-7-16(26(30)31)11-18(19)27(32)33/h1-4,7-12,14-15,20-21H,5-6H2/b24-12-/t14-,15-,20-,21-/m0/s1. The van der Waals surface area contributed by atoms with Crippen molar-refractivity contribution < 1.29 is 24.2 Å². The summed E-state index contributed by atoms with van der Waals surface area (Å²) in [5.74, 6) is -0.903. The van der Waals surface area contributed by atoms with E-state index in [1.807, 2.05) is 12.2 Å². The van der Waals surface area contributed by atoms with Crippen molar-refractivity contribution in [3.63, 3.8) is 0 Å². The molecule has 2 aromatic rings. The third-order valence-corrected chi connectivity index (χ3v) is 6.52. The van der Waals surface area contributed by atoms with E-state index in [0.29, 0.717) is 5.56 Å². The first-order valence-corrected chi connectivity index (χ1v) is 10.6. The molecule has 11 heteroatoms. The van der Waals surface area contributed by atoms with Gasteiger partial charge in [-0.05, 0) is 60.6 Å². The number of hydrogen-bond donors (Lipinski definition) is 0. The van der Waals surface area contributed by atoms with Gasteiger partial charge in [-0.3, -0.25) is 29.8 Å². The lowest BCUT2D eigenvalue weighted by molar-refractivity contribution is -0.394. The van der Waals surface area contributed by atoms with Crippen LogP contribution in [0.3, 0.4) is 0 Å². The van der Waals surface area contributed by atoms with Gasteiger partial charge in [0.1, 0.15) is 5.75 Å². The molecule has 1 heterocycles. The topological polar surface area (TPSA) is 145 Å². The molecular formula is C23H18N4O7. The quantitative estimate of drug-likeness (QED) is 0.208. The lowest BCUT2D eigenvalue weighted by Crippen LogP contribution is -2.38. The van der Waals surface area contributed by atoms with Crippen LogP contribution in [0.4, 0.5) is 11.4 Å². The van der Waals surface area contributed by atoms with Gasteiger partial charge in [-0.25, -0.2) is 0 Å². The van der Waals surface area contributed by atoms with Crippen LogP contribution in [0.1, 0.15) is 18.4 Å². The van der Waals surface area contributed by atoms with Gasteiger partial charge in [0.05, 0.1) is 34.0 Å². The Balaban J connectivity index is 1.30. The van der Waals surface area contributed by atoms with Gasteiger partial charge < -0.3 is 4.74 Å². The van der Waals surface area contributed by atoms with Crippen molar-refractivity contribution in [1.29, 1.82) is 0 Å². The molecule has 1 saturated carbocycles. The Hall–Kier alpha value is -4.41. The largest absolute Gasteiger partial charge is 0.450 e. The maximum Gasteiger partial charge on any atom is 0.318 e. The fourth-order valence-electron chi connectivity index (χ4n) is 4.89. The molecule has 172 valence electrons. The van der Waals surface area contributed by atoms with Gasteiger partial charge in [0.25, 0.3) is 17.5 Å². The Morgan fingerprint density at radius 3 is 2.06 bits per heavy atom. The summed E-state index contributed by atoms with van der Waals surface area (Å²) in [6.07, 6.45) is 7.31. The second-order valence-corrected chi connectivity index (χ2v) is 8.41. The summed E-state index contributed by atoms with van der Waals surface area (Å²) in [5, 5.41) is 27.2. The van der Waals surface area contributed by atoms with Crippen molar-refractivity contribution in [3.8, 4) is 11.5 Å². The SMILES string of the molecule is O=C1[C@@H]2[C@@H](C(=O)N1/N=C\c1ccc(Oc3ccc([N+](=O)[O-])cc3[N+](=O)[O-])cc1)[C@H]1C=C[C@H]2CC1. The number of hydrazone groups is 1. The third kappa shape index (κ3) is 3.60. The molecule has 0 spiro atoms. The van der Waals surface area contributed by atoms with Gasteiger partial charge in [-0.1, -0.05) is 12.2 Å². The molecule has 4 aliphatic rings. The molecule has 1 aliphatic heterocycles. The van der Waals surface area contributed by atoms with Crippen molar-refractivity contribution in [2.24, 2.45) is 28.8 Å². The fourth-order valence-corrected chi connectivity index (χ4v) is 4.89. The summed E-state index contributed by atoms with van der Waals surface area (Å²) in [6.45, 7) is 0. The van der Waals surface area contributed by atoms with E-state index in [1.165, 1.54) is 18.3 Å². The summed E-state index contributed by atoms with van der Waals surface area (Å²) in [4.78, 5) is 46.3. The number of hydrogen-bond acceptors (Lipinski definition) is 8. The Labute approximate surface area is 192 Å². The zero-order valence-electron chi connectivity index (χ0n) is 17.6. The van der Waals surface area contributed by atoms with Crippen molar-refractivity contribution >= 4 is 29.4 Å². The van der Waals surface area contributed by atoms with E-state index in [1.54, 1.807) is 12.1 Å². The molecule has 3 aliphatic carbocycles. The first-order valence-electron chi connectivity index (χ1n) is 10.6. The molecule has 34 heavy (non-hydrogen) atoms. The summed E-state index contributed by atoms with van der Waals surface area (Å²) < 4.78 is 5.53. The van der Waals surface area contributed by atoms with Gasteiger partial charge in [0.2, 0.25) is 5.75 Å². The van der Waals surface area contributed by atoms with Gasteiger partial charge in [-0.15, -0.1) is 0 Å². The molecule has 2 fully saturated rings. The molecule has 11 nitrogen and oxygen atoms in total. The minimum atomic E-state index is -0.757. The molecule has 2 amide bonds. The number of non-ortho nitro benzene ring substituents is 1. The van der Waals surface area contributed by atoms with Gasteiger partial charge >= 0.3 is 5.69 Å². The molecule has 2 bridgehead atoms. The maximum atomic E-state index is 12.8. The number of amides is 2. The van der Waals surface area contributed by atoms with Crippen LogP contribution in [-0.2, 0) is 9.59 Å². The highest BCUT2D eigenvalue weighted by Crippen LogP contribution is 2.49. The number of rotatable bonds is 6. The zero-order valence-corrected chi connectivity index (χ0v) is 17.6. The molecule has 1 saturated heterocycles. The first kappa shape index (κ1) is 21.4. The smallest absolute Gasteiger partial charge is 0.318 e. The number of carbonyl (C=O) groups is 2. The molecular weight excluding hydrogens is 444 g/mol. The highest BCUT2D eigenvalue weighted by atomic mass is 16.6. The van der Waals surface area contributed by atoms with Crippen LogP contribution in [0.5, 0.6) is 11.5 Å². The minimum Gasteiger partial charge on any atom is -0.450 e. The molecule has 0 aromatic heterocycles. The second-order valence-electron chi connectivity index (χ2n) is 8.41. The number of nitro benzene ring substituents is 2. The second kappa shape index (κ2) is 8.18. The highest BCUT2D eigenvalue weighted by molar-refractivity contribution is 6.06. The number of imide groups is 1. The van der Waals surface area contributed by atoms with Crippen LogP contribution in [-0.4, -0.2) is 32.9 Å². The first-order chi connectivity index (χ1) is 16.3. The Kier molecular flexibility index (Phi) is 5.16. The van der Waals surface area contributed by atoms with E-state index < -0.39 is 21.2 Å². The van der Waals surface area contributed by atoms with Gasteiger partial charge in [0.15, 0.2) is 0 Å². The van der Waals surface area contributed by atoms with Crippen molar-refractivity contribution in [1.82, 2.24) is 5.01 Å². The average molecular weight is 462 g/mol. The number of nitrogens with zero attached hydrogens (tertiary/aromatic N) is 4. The van der Waals surface area contributed by atoms with Crippen LogP contribution in [0.2, 0.25) is 0 Å².